The fourth-order valence-corrected chi connectivity index (χ4v) is 3.42. The number of hydrogen-bond donors (Lipinski definition) is 1. The van der Waals surface area contributed by atoms with Crippen molar-refractivity contribution in [3.63, 3.8) is 0 Å². The van der Waals surface area contributed by atoms with Gasteiger partial charge in [-0.2, -0.15) is 0 Å². The molecule has 108 valence electrons. The van der Waals surface area contributed by atoms with Crippen molar-refractivity contribution in [3.05, 3.63) is 35.1 Å². The molecule has 20 heavy (non-hydrogen) atoms. The molecule has 1 aliphatic carbocycles. The van der Waals surface area contributed by atoms with E-state index in [1.807, 2.05) is 13.1 Å². The van der Waals surface area contributed by atoms with Crippen LogP contribution >= 0.6 is 0 Å². The summed E-state index contributed by atoms with van der Waals surface area (Å²) in [5.74, 6) is -1.48. The molecule has 1 saturated heterocycles. The molecule has 3 rings (SSSR count). The molecule has 5 heteroatoms. The highest BCUT2D eigenvalue weighted by molar-refractivity contribution is 5.71. The summed E-state index contributed by atoms with van der Waals surface area (Å²) in [6.45, 7) is 0.682. The van der Waals surface area contributed by atoms with Gasteiger partial charge in [-0.25, -0.2) is 4.39 Å². The minimum Gasteiger partial charge on any atom is -0.481 e. The molecule has 0 aromatic heterocycles. The second kappa shape index (κ2) is 5.14. The lowest BCUT2D eigenvalue weighted by Crippen LogP contribution is -2.42. The van der Waals surface area contributed by atoms with E-state index in [2.05, 4.69) is 4.90 Å². The predicted molar refractivity (Wildman–Crippen MR) is 71.0 cm³/mol. The highest BCUT2D eigenvalue weighted by Gasteiger charge is 2.40. The summed E-state index contributed by atoms with van der Waals surface area (Å²) in [4.78, 5) is 13.3. The van der Waals surface area contributed by atoms with E-state index < -0.39 is 11.9 Å². The Bertz CT molecular complexity index is 534. The van der Waals surface area contributed by atoms with Crippen molar-refractivity contribution in [1.82, 2.24) is 4.90 Å². The number of carboxylic acid groups (broad SMARTS) is 1. The molecule has 0 radical (unpaired) electrons. The number of likely N-dealkylation sites (N-methyl/N-ethyl adjacent to an activating group) is 1. The molecule has 4 nitrogen and oxygen atoms in total. The molecule has 1 aliphatic heterocycles. The van der Waals surface area contributed by atoms with Crippen molar-refractivity contribution in [2.75, 3.05) is 20.3 Å². The van der Waals surface area contributed by atoms with Gasteiger partial charge in [0.15, 0.2) is 0 Å². The van der Waals surface area contributed by atoms with E-state index in [0.717, 1.165) is 17.5 Å². The lowest BCUT2D eigenvalue weighted by Gasteiger charge is -2.32. The zero-order valence-electron chi connectivity index (χ0n) is 11.4. The van der Waals surface area contributed by atoms with Crippen molar-refractivity contribution >= 4 is 5.97 Å². The quantitative estimate of drug-likeness (QED) is 0.917. The number of halogens is 1. The van der Waals surface area contributed by atoms with E-state index in [9.17, 15) is 14.3 Å². The molecule has 1 aromatic carbocycles. The predicted octanol–water partition coefficient (Wildman–Crippen LogP) is 1.84. The van der Waals surface area contributed by atoms with Gasteiger partial charge < -0.3 is 9.84 Å². The van der Waals surface area contributed by atoms with Gasteiger partial charge in [-0.1, -0.05) is 12.1 Å². The molecule has 0 bridgehead atoms. The Balaban J connectivity index is 1.85. The second-order valence-corrected chi connectivity index (χ2v) is 5.58. The van der Waals surface area contributed by atoms with Gasteiger partial charge in [0.1, 0.15) is 5.82 Å². The molecule has 1 fully saturated rings. The zero-order valence-corrected chi connectivity index (χ0v) is 11.4. The number of aliphatic carboxylic acids is 1. The van der Waals surface area contributed by atoms with E-state index >= 15 is 0 Å². The molecule has 3 atom stereocenters. The first-order chi connectivity index (χ1) is 9.59. The number of ether oxygens (including phenoxy) is 1. The number of carbonyl (C=O) groups is 1. The van der Waals surface area contributed by atoms with Crippen LogP contribution in [0.1, 0.15) is 23.6 Å². The third-order valence-corrected chi connectivity index (χ3v) is 4.56. The van der Waals surface area contributed by atoms with E-state index in [4.69, 9.17) is 4.74 Å². The van der Waals surface area contributed by atoms with Crippen LogP contribution in [-0.2, 0) is 16.0 Å². The number of hydrogen-bond acceptors (Lipinski definition) is 3. The molecule has 3 unspecified atom stereocenters. The summed E-state index contributed by atoms with van der Waals surface area (Å²) in [5, 5.41) is 9.25. The highest BCUT2D eigenvalue weighted by Crippen LogP contribution is 2.38. The summed E-state index contributed by atoms with van der Waals surface area (Å²) in [7, 11) is 1.92. The van der Waals surface area contributed by atoms with E-state index in [1.54, 1.807) is 6.07 Å². The maximum Gasteiger partial charge on any atom is 0.310 e. The zero-order chi connectivity index (χ0) is 14.3. The third-order valence-electron chi connectivity index (χ3n) is 4.56. The average molecular weight is 279 g/mol. The van der Waals surface area contributed by atoms with E-state index in [1.165, 1.54) is 6.07 Å². The standard InChI is InChI=1S/C15H18FNO3/c1-17(14-8-20-7-11(14)15(18)19)13-6-5-9-10(13)3-2-4-12(9)16/h2-4,11,13-14H,5-8H2,1H3,(H,18,19). The van der Waals surface area contributed by atoms with Gasteiger partial charge in [-0.05, 0) is 37.1 Å². The van der Waals surface area contributed by atoms with Gasteiger partial charge in [-0.3, -0.25) is 9.69 Å². The highest BCUT2D eigenvalue weighted by atomic mass is 19.1. The molecule has 1 aromatic rings. The largest absolute Gasteiger partial charge is 0.481 e. The fraction of sp³-hybridized carbons (Fsp3) is 0.533. The SMILES string of the molecule is CN(C1CCc2c(F)cccc21)C1COCC1C(=O)O. The van der Waals surface area contributed by atoms with Crippen LogP contribution in [0.25, 0.3) is 0 Å². The Kier molecular flexibility index (Phi) is 3.48. The number of rotatable bonds is 3. The second-order valence-electron chi connectivity index (χ2n) is 5.58. The summed E-state index contributed by atoms with van der Waals surface area (Å²) in [6.07, 6.45) is 1.54. The van der Waals surface area contributed by atoms with Crippen LogP contribution in [0, 0.1) is 11.7 Å². The third kappa shape index (κ3) is 2.11. The smallest absolute Gasteiger partial charge is 0.310 e. The Morgan fingerprint density at radius 2 is 2.25 bits per heavy atom. The summed E-state index contributed by atoms with van der Waals surface area (Å²) in [5.41, 5.74) is 1.76. The van der Waals surface area contributed by atoms with Crippen molar-refractivity contribution in [1.29, 1.82) is 0 Å². The summed E-state index contributed by atoms with van der Waals surface area (Å²) in [6, 6.07) is 5.08. The van der Waals surface area contributed by atoms with Crippen molar-refractivity contribution in [3.8, 4) is 0 Å². The summed E-state index contributed by atoms with van der Waals surface area (Å²) >= 11 is 0. The number of fused-ring (bicyclic) bond motifs is 1. The van der Waals surface area contributed by atoms with Crippen LogP contribution in [0.3, 0.4) is 0 Å². The van der Waals surface area contributed by atoms with Crippen molar-refractivity contribution in [2.45, 2.75) is 24.9 Å². The van der Waals surface area contributed by atoms with E-state index in [-0.39, 0.29) is 24.5 Å². The molecular weight excluding hydrogens is 261 g/mol. The van der Waals surface area contributed by atoms with Crippen molar-refractivity contribution < 1.29 is 19.0 Å². The lowest BCUT2D eigenvalue weighted by molar-refractivity contribution is -0.143. The van der Waals surface area contributed by atoms with Gasteiger partial charge in [0.25, 0.3) is 0 Å². The molecule has 0 amide bonds. The molecule has 0 saturated carbocycles. The maximum atomic E-state index is 13.8. The van der Waals surface area contributed by atoms with Crippen molar-refractivity contribution in [2.24, 2.45) is 5.92 Å². The first-order valence-corrected chi connectivity index (χ1v) is 6.89. The Hall–Kier alpha value is -1.46. The van der Waals surface area contributed by atoms with Crippen LogP contribution < -0.4 is 0 Å². The summed E-state index contributed by atoms with van der Waals surface area (Å²) < 4.78 is 19.1. The average Bonchev–Trinajstić information content (AvgIpc) is 3.05. The Labute approximate surface area is 117 Å². The molecule has 1 heterocycles. The topological polar surface area (TPSA) is 49.8 Å². The lowest BCUT2D eigenvalue weighted by atomic mass is 9.99. The first-order valence-electron chi connectivity index (χ1n) is 6.89. The Morgan fingerprint density at radius 3 is 3.00 bits per heavy atom. The van der Waals surface area contributed by atoms with Gasteiger partial charge in [-0.15, -0.1) is 0 Å². The van der Waals surface area contributed by atoms with Gasteiger partial charge >= 0.3 is 5.97 Å². The fourth-order valence-electron chi connectivity index (χ4n) is 3.42. The van der Waals surface area contributed by atoms with E-state index in [0.29, 0.717) is 13.0 Å². The van der Waals surface area contributed by atoms with Gasteiger partial charge in [0, 0.05) is 12.1 Å². The van der Waals surface area contributed by atoms with Crippen LogP contribution in [0.15, 0.2) is 18.2 Å². The first kappa shape index (κ1) is 13.5. The number of nitrogens with zero attached hydrogens (tertiary/aromatic N) is 1. The normalized spacial score (nSPS) is 28.9. The maximum absolute atomic E-state index is 13.8. The number of carboxylic acids is 1. The molecule has 2 aliphatic rings. The minimum atomic E-state index is -0.822. The van der Waals surface area contributed by atoms with Gasteiger partial charge in [0.2, 0.25) is 0 Å². The Morgan fingerprint density at radius 1 is 1.45 bits per heavy atom. The molecule has 1 N–H and O–H groups in total. The van der Waals surface area contributed by atoms with Crippen LogP contribution in [0.5, 0.6) is 0 Å². The van der Waals surface area contributed by atoms with Crippen LogP contribution in [-0.4, -0.2) is 42.3 Å². The number of benzene rings is 1. The van der Waals surface area contributed by atoms with Gasteiger partial charge in [0.05, 0.1) is 19.1 Å². The van der Waals surface area contributed by atoms with Crippen LogP contribution in [0.2, 0.25) is 0 Å². The molecular formula is C15H18FNO3. The van der Waals surface area contributed by atoms with Crippen LogP contribution in [0.4, 0.5) is 4.39 Å². The monoisotopic (exact) mass is 279 g/mol. The minimum absolute atomic E-state index is 0.0780. The molecule has 0 spiro atoms.